The molecule has 0 aliphatic carbocycles. The summed E-state index contributed by atoms with van der Waals surface area (Å²) in [6, 6.07) is 9.46. The van der Waals surface area contributed by atoms with Gasteiger partial charge in [-0.1, -0.05) is 11.6 Å². The number of carbonyl (C=O) groups is 2. The van der Waals surface area contributed by atoms with Crippen molar-refractivity contribution in [3.63, 3.8) is 0 Å². The van der Waals surface area contributed by atoms with Crippen LogP contribution in [0.15, 0.2) is 36.4 Å². The Morgan fingerprint density at radius 1 is 1.24 bits per heavy atom. The molecule has 1 saturated heterocycles. The molecule has 0 spiro atoms. The monoisotopic (exact) mass is 418 g/mol. The number of ether oxygens (including phenoxy) is 2. The number of hydrogen-bond donors (Lipinski definition) is 1. The molecule has 6 nitrogen and oxygen atoms in total. The Morgan fingerprint density at radius 3 is 2.79 bits per heavy atom. The minimum Gasteiger partial charge on any atom is -0.493 e. The van der Waals surface area contributed by atoms with Crippen LogP contribution in [0.25, 0.3) is 0 Å². The highest BCUT2D eigenvalue weighted by Gasteiger charge is 2.25. The van der Waals surface area contributed by atoms with Gasteiger partial charge in [0, 0.05) is 24.7 Å². The molecular weight excluding hydrogens is 399 g/mol. The van der Waals surface area contributed by atoms with E-state index in [4.69, 9.17) is 21.1 Å². The summed E-state index contributed by atoms with van der Waals surface area (Å²) in [6.45, 7) is 1.67. The van der Waals surface area contributed by atoms with Crippen LogP contribution in [-0.2, 0) is 4.79 Å². The molecule has 152 valence electrons. The zero-order valence-corrected chi connectivity index (χ0v) is 16.4. The third-order valence-corrected chi connectivity index (χ3v) is 5.44. The highest BCUT2D eigenvalue weighted by molar-refractivity contribution is 6.30. The van der Waals surface area contributed by atoms with Crippen molar-refractivity contribution < 1.29 is 23.5 Å². The number of amides is 2. The highest BCUT2D eigenvalue weighted by Crippen LogP contribution is 2.30. The number of halogens is 2. The predicted octanol–water partition coefficient (Wildman–Crippen LogP) is 3.74. The first-order valence-corrected chi connectivity index (χ1v) is 9.81. The van der Waals surface area contributed by atoms with Crippen LogP contribution in [0.5, 0.6) is 11.5 Å². The number of likely N-dealkylation sites (tertiary alicyclic amines) is 1. The Hall–Kier alpha value is -2.80. The van der Waals surface area contributed by atoms with Crippen LogP contribution >= 0.6 is 11.6 Å². The minimum absolute atomic E-state index is 0.0153. The Labute approximate surface area is 172 Å². The average molecular weight is 419 g/mol. The van der Waals surface area contributed by atoms with Crippen molar-refractivity contribution in [2.24, 2.45) is 5.92 Å². The van der Waals surface area contributed by atoms with Gasteiger partial charge in [-0.25, -0.2) is 4.39 Å². The Morgan fingerprint density at radius 2 is 2.03 bits per heavy atom. The molecule has 2 aromatic carbocycles. The van der Waals surface area contributed by atoms with Crippen molar-refractivity contribution in [2.45, 2.75) is 12.8 Å². The summed E-state index contributed by atoms with van der Waals surface area (Å²) < 4.78 is 24.5. The molecule has 1 fully saturated rings. The van der Waals surface area contributed by atoms with Crippen LogP contribution < -0.4 is 14.8 Å². The molecule has 1 N–H and O–H groups in total. The van der Waals surface area contributed by atoms with Gasteiger partial charge in [0.25, 0.3) is 11.8 Å². The van der Waals surface area contributed by atoms with Crippen molar-refractivity contribution >= 4 is 29.1 Å². The molecule has 0 radical (unpaired) electrons. The molecule has 2 amide bonds. The standard InChI is InChI=1S/C21H20ClFN2O4/c22-16-3-2-15(10-17(16)23)28-11-13-5-7-25(8-6-13)21(27)14-1-4-19-18(9-14)24-20(26)12-29-19/h1-4,9-10,13H,5-8,11-12H2,(H,24,26). The summed E-state index contributed by atoms with van der Waals surface area (Å²) in [5, 5.41) is 2.79. The molecule has 0 saturated carbocycles. The van der Waals surface area contributed by atoms with Crippen LogP contribution in [0.2, 0.25) is 5.02 Å². The molecule has 2 aliphatic rings. The Balaban J connectivity index is 1.31. The van der Waals surface area contributed by atoms with E-state index in [-0.39, 0.29) is 29.4 Å². The van der Waals surface area contributed by atoms with Gasteiger partial charge in [-0.05, 0) is 49.1 Å². The van der Waals surface area contributed by atoms with Gasteiger partial charge < -0.3 is 19.7 Å². The lowest BCUT2D eigenvalue weighted by Gasteiger charge is -2.32. The van der Waals surface area contributed by atoms with E-state index in [1.165, 1.54) is 12.1 Å². The van der Waals surface area contributed by atoms with Gasteiger partial charge >= 0.3 is 0 Å². The van der Waals surface area contributed by atoms with Crippen molar-refractivity contribution in [3.05, 3.63) is 52.8 Å². The number of nitrogens with zero attached hydrogens (tertiary/aromatic N) is 1. The predicted molar refractivity (Wildman–Crippen MR) is 106 cm³/mol. The van der Waals surface area contributed by atoms with E-state index in [0.717, 1.165) is 12.8 Å². The summed E-state index contributed by atoms with van der Waals surface area (Å²) in [7, 11) is 0. The highest BCUT2D eigenvalue weighted by atomic mass is 35.5. The number of anilines is 1. The van der Waals surface area contributed by atoms with Crippen molar-refractivity contribution in [1.29, 1.82) is 0 Å². The van der Waals surface area contributed by atoms with Crippen LogP contribution in [0.4, 0.5) is 10.1 Å². The van der Waals surface area contributed by atoms with Gasteiger partial charge in [-0.3, -0.25) is 9.59 Å². The van der Waals surface area contributed by atoms with Gasteiger partial charge in [0.2, 0.25) is 0 Å². The maximum atomic E-state index is 13.5. The molecule has 0 aromatic heterocycles. The molecule has 0 bridgehead atoms. The second-order valence-corrected chi connectivity index (χ2v) is 7.58. The van der Waals surface area contributed by atoms with Gasteiger partial charge in [0.05, 0.1) is 17.3 Å². The second kappa shape index (κ2) is 8.29. The molecular formula is C21H20ClFN2O4. The smallest absolute Gasteiger partial charge is 0.262 e. The zero-order chi connectivity index (χ0) is 20.4. The number of carbonyl (C=O) groups excluding carboxylic acids is 2. The van der Waals surface area contributed by atoms with Gasteiger partial charge in [0.1, 0.15) is 17.3 Å². The lowest BCUT2D eigenvalue weighted by molar-refractivity contribution is -0.118. The topological polar surface area (TPSA) is 67.9 Å². The van der Waals surface area contributed by atoms with Crippen LogP contribution in [0, 0.1) is 11.7 Å². The van der Waals surface area contributed by atoms with E-state index < -0.39 is 5.82 Å². The fourth-order valence-corrected chi connectivity index (χ4v) is 3.60. The summed E-state index contributed by atoms with van der Waals surface area (Å²) in [5.41, 5.74) is 1.03. The summed E-state index contributed by atoms with van der Waals surface area (Å²) in [4.78, 5) is 26.1. The quantitative estimate of drug-likeness (QED) is 0.821. The maximum Gasteiger partial charge on any atom is 0.262 e. The number of piperidine rings is 1. The minimum atomic E-state index is -0.503. The van der Waals surface area contributed by atoms with Crippen LogP contribution in [0.3, 0.4) is 0 Å². The molecule has 2 aromatic rings. The number of benzene rings is 2. The Kier molecular flexibility index (Phi) is 5.58. The number of rotatable bonds is 4. The van der Waals surface area contributed by atoms with Crippen molar-refractivity contribution in [3.8, 4) is 11.5 Å². The van der Waals surface area contributed by atoms with E-state index in [2.05, 4.69) is 5.32 Å². The molecule has 2 aliphatic heterocycles. The molecule has 4 rings (SSSR count). The zero-order valence-electron chi connectivity index (χ0n) is 15.6. The van der Waals surface area contributed by atoms with Gasteiger partial charge in [-0.15, -0.1) is 0 Å². The SMILES string of the molecule is O=C1COc2ccc(C(=O)N3CCC(COc4ccc(Cl)c(F)c4)CC3)cc2N1. The van der Waals surface area contributed by atoms with E-state index in [0.29, 0.717) is 42.4 Å². The first kappa shape index (κ1) is 19.5. The molecule has 2 heterocycles. The summed E-state index contributed by atoms with van der Waals surface area (Å²) in [5.74, 6) is 0.486. The van der Waals surface area contributed by atoms with E-state index >= 15 is 0 Å². The summed E-state index contributed by atoms with van der Waals surface area (Å²) >= 11 is 5.68. The third-order valence-electron chi connectivity index (χ3n) is 5.14. The van der Waals surface area contributed by atoms with Gasteiger partial charge in [0.15, 0.2) is 6.61 Å². The molecule has 0 atom stereocenters. The van der Waals surface area contributed by atoms with E-state index in [9.17, 15) is 14.0 Å². The summed E-state index contributed by atoms with van der Waals surface area (Å²) in [6.07, 6.45) is 1.60. The largest absolute Gasteiger partial charge is 0.493 e. The third kappa shape index (κ3) is 4.45. The maximum absolute atomic E-state index is 13.5. The van der Waals surface area contributed by atoms with E-state index in [1.54, 1.807) is 29.2 Å². The lowest BCUT2D eigenvalue weighted by Crippen LogP contribution is -2.39. The van der Waals surface area contributed by atoms with Crippen molar-refractivity contribution in [1.82, 2.24) is 4.90 Å². The van der Waals surface area contributed by atoms with E-state index in [1.807, 2.05) is 0 Å². The van der Waals surface area contributed by atoms with Gasteiger partial charge in [-0.2, -0.15) is 0 Å². The fourth-order valence-electron chi connectivity index (χ4n) is 3.48. The number of fused-ring (bicyclic) bond motifs is 1. The van der Waals surface area contributed by atoms with Crippen LogP contribution in [0.1, 0.15) is 23.2 Å². The van der Waals surface area contributed by atoms with Crippen LogP contribution in [-0.4, -0.2) is 43.0 Å². The number of hydrogen-bond acceptors (Lipinski definition) is 4. The first-order valence-electron chi connectivity index (χ1n) is 9.43. The lowest BCUT2D eigenvalue weighted by atomic mass is 9.97. The molecule has 29 heavy (non-hydrogen) atoms. The molecule has 0 unspecified atom stereocenters. The molecule has 8 heteroatoms. The number of nitrogens with one attached hydrogen (secondary N) is 1. The van der Waals surface area contributed by atoms with Crippen molar-refractivity contribution in [2.75, 3.05) is 31.6 Å². The Bertz CT molecular complexity index is 944. The average Bonchev–Trinajstić information content (AvgIpc) is 2.74. The second-order valence-electron chi connectivity index (χ2n) is 7.17. The fraction of sp³-hybridized carbons (Fsp3) is 0.333. The first-order chi connectivity index (χ1) is 14.0. The normalized spacial score (nSPS) is 16.6.